The number of aliphatic carboxylic acids is 1. The Morgan fingerprint density at radius 3 is 2.38 bits per heavy atom. The van der Waals surface area contributed by atoms with Gasteiger partial charge in [-0.25, -0.2) is 14.4 Å². The van der Waals surface area contributed by atoms with Crippen LogP contribution in [0.2, 0.25) is 0 Å². The van der Waals surface area contributed by atoms with E-state index in [-0.39, 0.29) is 6.01 Å². The van der Waals surface area contributed by atoms with E-state index in [0.717, 1.165) is 16.6 Å². The Balaban J connectivity index is 1.40. The molecule has 5 aromatic rings. The molecule has 2 aromatic heterocycles. The SMILES string of the molecule is CC(C)(C)C(C(=O)O)C(c1ccc(F)cc1)c1ccnc(Oc2ccc(Cn3cnc4ccccc43)cc2)n1. The number of fused-ring (bicyclic) bond motifs is 1. The number of imidazole rings is 1. The van der Waals surface area contributed by atoms with Crippen LogP contribution in [-0.4, -0.2) is 30.6 Å². The van der Waals surface area contributed by atoms with Gasteiger partial charge in [0, 0.05) is 18.7 Å². The minimum Gasteiger partial charge on any atom is -0.481 e. The summed E-state index contributed by atoms with van der Waals surface area (Å²) in [7, 11) is 0. The molecule has 0 spiro atoms. The number of ether oxygens (including phenoxy) is 1. The van der Waals surface area contributed by atoms with Gasteiger partial charge in [0.2, 0.25) is 0 Å². The second-order valence-electron chi connectivity index (χ2n) is 10.6. The molecule has 39 heavy (non-hydrogen) atoms. The Hall–Kier alpha value is -4.59. The highest BCUT2D eigenvalue weighted by Crippen LogP contribution is 2.42. The van der Waals surface area contributed by atoms with Crippen molar-refractivity contribution in [3.63, 3.8) is 0 Å². The maximum Gasteiger partial charge on any atom is 0.322 e. The number of carbonyl (C=O) groups is 1. The minimum atomic E-state index is -0.959. The fourth-order valence-electron chi connectivity index (χ4n) is 4.89. The van der Waals surface area contributed by atoms with Crippen LogP contribution in [0.3, 0.4) is 0 Å². The summed E-state index contributed by atoms with van der Waals surface area (Å²) in [5.74, 6) is -2.27. The molecule has 1 N–H and O–H groups in total. The number of para-hydroxylation sites is 2. The molecule has 0 aliphatic rings. The van der Waals surface area contributed by atoms with E-state index in [0.29, 0.717) is 23.6 Å². The van der Waals surface area contributed by atoms with Crippen LogP contribution in [-0.2, 0) is 11.3 Å². The van der Waals surface area contributed by atoms with E-state index in [9.17, 15) is 14.3 Å². The highest BCUT2D eigenvalue weighted by Gasteiger charge is 2.40. The van der Waals surface area contributed by atoms with Crippen molar-refractivity contribution in [2.75, 3.05) is 0 Å². The first kappa shape index (κ1) is 26.0. The average molecular weight is 525 g/mol. The van der Waals surface area contributed by atoms with Crippen molar-refractivity contribution in [1.29, 1.82) is 0 Å². The number of benzene rings is 3. The van der Waals surface area contributed by atoms with Crippen LogP contribution >= 0.6 is 0 Å². The van der Waals surface area contributed by atoms with Gasteiger partial charge in [-0.15, -0.1) is 0 Å². The van der Waals surface area contributed by atoms with Crippen molar-refractivity contribution in [3.05, 3.63) is 114 Å². The highest BCUT2D eigenvalue weighted by atomic mass is 19.1. The van der Waals surface area contributed by atoms with E-state index in [1.54, 1.807) is 24.4 Å². The van der Waals surface area contributed by atoms with Crippen molar-refractivity contribution >= 4 is 17.0 Å². The second kappa shape index (κ2) is 10.6. The zero-order valence-corrected chi connectivity index (χ0v) is 22.0. The van der Waals surface area contributed by atoms with Gasteiger partial charge in [-0.05, 0) is 59.0 Å². The molecule has 2 unspecified atom stereocenters. The third kappa shape index (κ3) is 5.80. The Morgan fingerprint density at radius 2 is 1.69 bits per heavy atom. The van der Waals surface area contributed by atoms with Crippen molar-refractivity contribution in [2.24, 2.45) is 11.3 Å². The molecule has 5 rings (SSSR count). The predicted octanol–water partition coefficient (Wildman–Crippen LogP) is 6.68. The molecule has 8 heteroatoms. The van der Waals surface area contributed by atoms with Gasteiger partial charge in [0.1, 0.15) is 11.6 Å². The molecule has 7 nitrogen and oxygen atoms in total. The zero-order valence-electron chi connectivity index (χ0n) is 22.0. The Labute approximate surface area is 226 Å². The quantitative estimate of drug-likeness (QED) is 0.243. The molecule has 0 amide bonds. The first-order valence-corrected chi connectivity index (χ1v) is 12.7. The van der Waals surface area contributed by atoms with E-state index in [1.807, 2.05) is 75.6 Å². The molecule has 0 aliphatic heterocycles. The number of carboxylic acids is 1. The smallest absolute Gasteiger partial charge is 0.322 e. The van der Waals surface area contributed by atoms with Gasteiger partial charge in [0.15, 0.2) is 0 Å². The van der Waals surface area contributed by atoms with E-state index in [4.69, 9.17) is 4.74 Å². The van der Waals surface area contributed by atoms with Crippen LogP contribution in [0, 0.1) is 17.2 Å². The van der Waals surface area contributed by atoms with Crippen LogP contribution in [0.5, 0.6) is 11.8 Å². The third-order valence-corrected chi connectivity index (χ3v) is 6.75. The maximum absolute atomic E-state index is 13.7. The molecule has 0 aliphatic carbocycles. The van der Waals surface area contributed by atoms with Gasteiger partial charge in [-0.3, -0.25) is 4.79 Å². The lowest BCUT2D eigenvalue weighted by molar-refractivity contribution is -0.146. The van der Waals surface area contributed by atoms with E-state index in [1.165, 1.54) is 12.1 Å². The van der Waals surface area contributed by atoms with Gasteiger partial charge < -0.3 is 14.4 Å². The summed E-state index contributed by atoms with van der Waals surface area (Å²) in [6.45, 7) is 6.27. The van der Waals surface area contributed by atoms with Crippen LogP contribution < -0.4 is 4.74 Å². The summed E-state index contributed by atoms with van der Waals surface area (Å²) < 4.78 is 21.7. The highest BCUT2D eigenvalue weighted by molar-refractivity contribution is 5.75. The van der Waals surface area contributed by atoms with Crippen molar-refractivity contribution in [3.8, 4) is 11.8 Å². The summed E-state index contributed by atoms with van der Waals surface area (Å²) in [5, 5.41) is 10.2. The van der Waals surface area contributed by atoms with Crippen molar-refractivity contribution in [1.82, 2.24) is 19.5 Å². The van der Waals surface area contributed by atoms with Crippen molar-refractivity contribution < 1.29 is 19.0 Å². The molecule has 0 fully saturated rings. The number of halogens is 1. The first-order chi connectivity index (χ1) is 18.7. The van der Waals surface area contributed by atoms with Crippen molar-refractivity contribution in [2.45, 2.75) is 33.2 Å². The first-order valence-electron chi connectivity index (χ1n) is 12.7. The minimum absolute atomic E-state index is 0.103. The Morgan fingerprint density at radius 1 is 0.974 bits per heavy atom. The van der Waals surface area contributed by atoms with Crippen LogP contribution in [0.1, 0.15) is 43.5 Å². The molecule has 0 saturated heterocycles. The monoisotopic (exact) mass is 524 g/mol. The molecule has 3 aromatic carbocycles. The average Bonchev–Trinajstić information content (AvgIpc) is 3.31. The molecule has 0 radical (unpaired) electrons. The van der Waals surface area contributed by atoms with Crippen LogP contribution in [0.4, 0.5) is 4.39 Å². The number of hydrogen-bond donors (Lipinski definition) is 1. The second-order valence-corrected chi connectivity index (χ2v) is 10.6. The summed E-state index contributed by atoms with van der Waals surface area (Å²) in [5.41, 5.74) is 3.62. The number of hydrogen-bond acceptors (Lipinski definition) is 5. The van der Waals surface area contributed by atoms with Gasteiger partial charge in [0.25, 0.3) is 0 Å². The van der Waals surface area contributed by atoms with E-state index < -0.39 is 29.0 Å². The molecular weight excluding hydrogens is 495 g/mol. The maximum atomic E-state index is 13.7. The van der Waals surface area contributed by atoms with Gasteiger partial charge >= 0.3 is 12.0 Å². The molecular formula is C31H29FN4O3. The lowest BCUT2D eigenvalue weighted by Crippen LogP contribution is -2.35. The summed E-state index contributed by atoms with van der Waals surface area (Å²) >= 11 is 0. The summed E-state index contributed by atoms with van der Waals surface area (Å²) in [6, 6.07) is 23.3. The largest absolute Gasteiger partial charge is 0.481 e. The molecule has 2 heterocycles. The van der Waals surface area contributed by atoms with E-state index >= 15 is 0 Å². The topological polar surface area (TPSA) is 90.1 Å². The van der Waals surface area contributed by atoms with Crippen LogP contribution in [0.25, 0.3) is 11.0 Å². The summed E-state index contributed by atoms with van der Waals surface area (Å²) in [4.78, 5) is 25.7. The fourth-order valence-corrected chi connectivity index (χ4v) is 4.89. The molecule has 198 valence electrons. The molecule has 0 saturated carbocycles. The summed E-state index contributed by atoms with van der Waals surface area (Å²) in [6.07, 6.45) is 3.38. The molecule has 2 atom stereocenters. The standard InChI is InChI=1S/C31H29FN4O3/c1-31(2,3)28(29(37)38)27(21-10-12-22(32)13-11-21)25-16-17-33-30(35-25)39-23-14-8-20(9-15-23)18-36-19-34-24-6-4-5-7-26(24)36/h4-17,19,27-28H,18H2,1-3H3,(H,37,38). The van der Waals surface area contributed by atoms with Gasteiger partial charge in [0.05, 0.1) is 29.0 Å². The van der Waals surface area contributed by atoms with Gasteiger partial charge in [-0.2, -0.15) is 4.98 Å². The zero-order chi connectivity index (χ0) is 27.6. The Bertz CT molecular complexity index is 1590. The fraction of sp³-hybridized carbons (Fsp3) is 0.226. The van der Waals surface area contributed by atoms with Gasteiger partial charge in [-0.1, -0.05) is 57.2 Å². The third-order valence-electron chi connectivity index (χ3n) is 6.75. The van der Waals surface area contributed by atoms with Crippen LogP contribution in [0.15, 0.2) is 91.4 Å². The number of nitrogens with zero attached hydrogens (tertiary/aromatic N) is 4. The Kier molecular flexibility index (Phi) is 7.11. The molecule has 0 bridgehead atoms. The number of rotatable bonds is 8. The normalized spacial score (nSPS) is 13.2. The number of carboxylic acid groups (broad SMARTS) is 1. The predicted molar refractivity (Wildman–Crippen MR) is 146 cm³/mol. The van der Waals surface area contributed by atoms with E-state index in [2.05, 4.69) is 19.5 Å². The lowest BCUT2D eigenvalue weighted by atomic mass is 9.69. The lowest BCUT2D eigenvalue weighted by Gasteiger charge is -2.34. The number of aromatic nitrogens is 4.